The third kappa shape index (κ3) is 2.02. The molecule has 4 saturated carbocycles. The summed E-state index contributed by atoms with van der Waals surface area (Å²) in [6.07, 6.45) is 14.0. The zero-order valence-electron chi connectivity index (χ0n) is 12.6. The molecule has 1 unspecified atom stereocenters. The lowest BCUT2D eigenvalue weighted by Crippen LogP contribution is -2.47. The van der Waals surface area contributed by atoms with Gasteiger partial charge in [0.05, 0.1) is 6.04 Å². The van der Waals surface area contributed by atoms with Gasteiger partial charge in [0.2, 0.25) is 0 Å². The van der Waals surface area contributed by atoms with Crippen LogP contribution in [0.1, 0.15) is 63.7 Å². The summed E-state index contributed by atoms with van der Waals surface area (Å²) in [7, 11) is 0. The molecule has 1 atom stereocenters. The molecule has 4 aliphatic rings. The monoisotopic (exact) mass is 273 g/mol. The number of aryl methyl sites for hydroxylation is 1. The summed E-state index contributed by atoms with van der Waals surface area (Å²) in [4.78, 5) is 4.52. The van der Waals surface area contributed by atoms with Gasteiger partial charge in [-0.05, 0) is 75.0 Å². The van der Waals surface area contributed by atoms with Gasteiger partial charge in [-0.15, -0.1) is 0 Å². The molecule has 0 amide bonds. The second-order valence-corrected chi connectivity index (χ2v) is 7.80. The van der Waals surface area contributed by atoms with Crippen LogP contribution in [0.3, 0.4) is 0 Å². The molecule has 1 aromatic rings. The molecule has 0 aliphatic heterocycles. The smallest absolute Gasteiger partial charge is 0.125 e. The van der Waals surface area contributed by atoms with Gasteiger partial charge in [0.1, 0.15) is 5.82 Å². The van der Waals surface area contributed by atoms with Crippen LogP contribution in [0.15, 0.2) is 12.4 Å². The van der Waals surface area contributed by atoms with Crippen molar-refractivity contribution in [3.05, 3.63) is 18.2 Å². The van der Waals surface area contributed by atoms with Crippen LogP contribution in [0, 0.1) is 23.2 Å². The summed E-state index contributed by atoms with van der Waals surface area (Å²) in [6, 6.07) is 0.126. The van der Waals surface area contributed by atoms with Gasteiger partial charge >= 0.3 is 0 Å². The summed E-state index contributed by atoms with van der Waals surface area (Å²) >= 11 is 0. The number of aromatic nitrogens is 2. The number of hydrogen-bond donors (Lipinski definition) is 1. The molecule has 4 bridgehead atoms. The van der Waals surface area contributed by atoms with Crippen molar-refractivity contribution in [2.24, 2.45) is 28.9 Å². The van der Waals surface area contributed by atoms with Gasteiger partial charge in [-0.3, -0.25) is 0 Å². The molecule has 3 nitrogen and oxygen atoms in total. The Bertz CT molecular complexity index is 455. The Morgan fingerprint density at radius 1 is 1.25 bits per heavy atom. The van der Waals surface area contributed by atoms with Crippen LogP contribution < -0.4 is 5.73 Å². The first-order chi connectivity index (χ1) is 9.67. The van der Waals surface area contributed by atoms with Gasteiger partial charge in [-0.2, -0.15) is 0 Å². The fraction of sp³-hybridized carbons (Fsp3) is 0.824. The average molecular weight is 273 g/mol. The Labute approximate surface area is 122 Å². The molecule has 2 N–H and O–H groups in total. The van der Waals surface area contributed by atoms with Crippen molar-refractivity contribution in [1.82, 2.24) is 9.55 Å². The molecule has 0 aromatic carbocycles. The Balaban J connectivity index is 1.54. The van der Waals surface area contributed by atoms with E-state index in [1.807, 2.05) is 6.20 Å². The Morgan fingerprint density at radius 3 is 2.40 bits per heavy atom. The lowest BCUT2D eigenvalue weighted by atomic mass is 9.48. The first-order valence-electron chi connectivity index (χ1n) is 8.44. The zero-order valence-corrected chi connectivity index (χ0v) is 12.6. The van der Waals surface area contributed by atoms with E-state index < -0.39 is 0 Å². The zero-order chi connectivity index (χ0) is 13.7. The van der Waals surface area contributed by atoms with Gasteiger partial charge < -0.3 is 10.3 Å². The highest BCUT2D eigenvalue weighted by Gasteiger charge is 2.51. The standard InChI is InChI=1S/C17H27N3/c1-2-20-4-3-19-16(20)15(18)11-17-8-12-5-13(9-17)7-14(6-12)10-17/h3-4,12-15H,2,5-11,18H2,1H3. The fourth-order valence-electron chi connectivity index (χ4n) is 6.01. The summed E-state index contributed by atoms with van der Waals surface area (Å²) in [5.74, 6) is 4.14. The van der Waals surface area contributed by atoms with Crippen LogP contribution >= 0.6 is 0 Å². The minimum Gasteiger partial charge on any atom is -0.334 e. The number of rotatable bonds is 4. The Kier molecular flexibility index (Phi) is 2.95. The van der Waals surface area contributed by atoms with Crippen molar-refractivity contribution in [1.29, 1.82) is 0 Å². The first-order valence-corrected chi connectivity index (χ1v) is 8.44. The predicted octanol–water partition coefficient (Wildman–Crippen LogP) is 3.51. The van der Waals surface area contributed by atoms with E-state index >= 15 is 0 Å². The van der Waals surface area contributed by atoms with Gasteiger partial charge in [0, 0.05) is 18.9 Å². The SMILES string of the molecule is CCn1ccnc1C(N)CC12CC3CC(CC(C3)C1)C2. The maximum absolute atomic E-state index is 6.55. The van der Waals surface area contributed by atoms with Gasteiger partial charge in [0.15, 0.2) is 0 Å². The molecule has 4 fully saturated rings. The molecular weight excluding hydrogens is 246 g/mol. The van der Waals surface area contributed by atoms with E-state index in [4.69, 9.17) is 5.73 Å². The highest BCUT2D eigenvalue weighted by molar-refractivity contribution is 5.06. The highest BCUT2D eigenvalue weighted by Crippen LogP contribution is 2.62. The van der Waals surface area contributed by atoms with Crippen molar-refractivity contribution in [2.75, 3.05) is 0 Å². The van der Waals surface area contributed by atoms with Crippen LogP contribution in [0.4, 0.5) is 0 Å². The first kappa shape index (κ1) is 12.9. The summed E-state index contributed by atoms with van der Waals surface area (Å²) in [5, 5.41) is 0. The van der Waals surface area contributed by atoms with Crippen molar-refractivity contribution >= 4 is 0 Å². The Morgan fingerprint density at radius 2 is 1.85 bits per heavy atom. The molecule has 4 aliphatic carbocycles. The van der Waals surface area contributed by atoms with Crippen molar-refractivity contribution < 1.29 is 0 Å². The summed E-state index contributed by atoms with van der Waals surface area (Å²) < 4.78 is 2.21. The van der Waals surface area contributed by atoms with Crippen LogP contribution in [0.5, 0.6) is 0 Å². The number of nitrogens with two attached hydrogens (primary N) is 1. The topological polar surface area (TPSA) is 43.8 Å². The maximum Gasteiger partial charge on any atom is 0.125 e. The van der Waals surface area contributed by atoms with E-state index in [-0.39, 0.29) is 6.04 Å². The van der Waals surface area contributed by atoms with E-state index in [1.54, 1.807) is 0 Å². The van der Waals surface area contributed by atoms with Crippen LogP contribution in [0.2, 0.25) is 0 Å². The van der Waals surface area contributed by atoms with Crippen molar-refractivity contribution in [3.8, 4) is 0 Å². The maximum atomic E-state index is 6.55. The van der Waals surface area contributed by atoms with Gasteiger partial charge in [0.25, 0.3) is 0 Å². The summed E-state index contributed by atoms with van der Waals surface area (Å²) in [5.41, 5.74) is 7.11. The lowest BCUT2D eigenvalue weighted by molar-refractivity contribution is -0.0609. The minimum absolute atomic E-state index is 0.126. The molecule has 1 heterocycles. The second kappa shape index (κ2) is 4.59. The quantitative estimate of drug-likeness (QED) is 0.912. The minimum atomic E-state index is 0.126. The van der Waals surface area contributed by atoms with E-state index in [1.165, 1.54) is 38.5 Å². The molecule has 5 rings (SSSR count). The van der Waals surface area contributed by atoms with Crippen LogP contribution in [-0.4, -0.2) is 9.55 Å². The van der Waals surface area contributed by atoms with Crippen LogP contribution in [-0.2, 0) is 6.54 Å². The number of imidazole rings is 1. The van der Waals surface area contributed by atoms with Gasteiger partial charge in [-0.1, -0.05) is 0 Å². The molecular formula is C17H27N3. The van der Waals surface area contributed by atoms with Crippen molar-refractivity contribution in [3.63, 3.8) is 0 Å². The molecule has 0 radical (unpaired) electrons. The molecule has 0 spiro atoms. The highest BCUT2D eigenvalue weighted by atomic mass is 15.1. The second-order valence-electron chi connectivity index (χ2n) is 7.80. The molecule has 110 valence electrons. The molecule has 3 heteroatoms. The number of nitrogens with zero attached hydrogens (tertiary/aromatic N) is 2. The van der Waals surface area contributed by atoms with E-state index in [2.05, 4.69) is 22.7 Å². The van der Waals surface area contributed by atoms with Crippen molar-refractivity contribution in [2.45, 2.75) is 64.5 Å². The normalized spacial score (nSPS) is 40.2. The van der Waals surface area contributed by atoms with E-state index in [9.17, 15) is 0 Å². The fourth-order valence-corrected chi connectivity index (χ4v) is 6.01. The van der Waals surface area contributed by atoms with Crippen LogP contribution in [0.25, 0.3) is 0 Å². The molecule has 1 aromatic heterocycles. The third-order valence-electron chi connectivity index (χ3n) is 6.24. The molecule has 20 heavy (non-hydrogen) atoms. The summed E-state index contributed by atoms with van der Waals surface area (Å²) in [6.45, 7) is 3.15. The molecule has 0 saturated heterocycles. The van der Waals surface area contributed by atoms with Gasteiger partial charge in [-0.25, -0.2) is 4.98 Å². The number of hydrogen-bond acceptors (Lipinski definition) is 2. The van der Waals surface area contributed by atoms with E-state index in [0.717, 1.165) is 36.5 Å². The third-order valence-corrected chi connectivity index (χ3v) is 6.24. The lowest BCUT2D eigenvalue weighted by Gasteiger charge is -2.57. The predicted molar refractivity (Wildman–Crippen MR) is 80.1 cm³/mol. The average Bonchev–Trinajstić information content (AvgIpc) is 2.84. The Hall–Kier alpha value is -0.830. The largest absolute Gasteiger partial charge is 0.334 e. The van der Waals surface area contributed by atoms with E-state index in [0.29, 0.717) is 5.41 Å².